The third kappa shape index (κ3) is 8.43. The molecule has 0 aromatic heterocycles. The molecule has 220 valence electrons. The average molecular weight is 733 g/mol. The molecule has 0 aliphatic heterocycles. The van der Waals surface area contributed by atoms with E-state index >= 15 is 0 Å². The molecule has 0 saturated heterocycles. The third-order valence-corrected chi connectivity index (χ3v) is 8.77. The van der Waals surface area contributed by atoms with E-state index in [0.717, 1.165) is 46.3 Å². The van der Waals surface area contributed by atoms with E-state index in [9.17, 15) is 25.9 Å². The molecule has 6 nitrogen and oxygen atoms in total. The number of hydrogen-bond donors (Lipinski definition) is 0. The maximum Gasteiger partial charge on any atom is 4.00 e. The molecule has 0 atom stereocenters. The van der Waals surface area contributed by atoms with Gasteiger partial charge in [-0.05, 0) is 71.2 Å². The summed E-state index contributed by atoms with van der Waals surface area (Å²) in [6, 6.07) is 9.80. The predicted octanol–water partition coefficient (Wildman–Crippen LogP) is 0.560. The molecule has 4 aliphatic carbocycles. The van der Waals surface area contributed by atoms with Crippen molar-refractivity contribution >= 4 is 42.5 Å². The van der Waals surface area contributed by atoms with Gasteiger partial charge in [-0.2, -0.15) is 0 Å². The van der Waals surface area contributed by atoms with Crippen molar-refractivity contribution < 1.29 is 77.0 Å². The summed E-state index contributed by atoms with van der Waals surface area (Å²) in [5.74, 6) is 0. The fourth-order valence-corrected chi connectivity index (χ4v) is 6.71. The van der Waals surface area contributed by atoms with Crippen molar-refractivity contribution in [3.8, 4) is 0 Å². The fourth-order valence-electron chi connectivity index (χ4n) is 5.24. The smallest absolute Gasteiger partial charge is 1.00 e. The van der Waals surface area contributed by atoms with Crippen LogP contribution in [0.3, 0.4) is 0 Å². The van der Waals surface area contributed by atoms with Crippen LogP contribution >= 0.6 is 0 Å². The largest absolute Gasteiger partial charge is 4.00 e. The van der Waals surface area contributed by atoms with Gasteiger partial charge < -0.3 is 33.9 Å². The Bertz CT molecular complexity index is 1710. The summed E-state index contributed by atoms with van der Waals surface area (Å²) in [6.07, 6.45) is 26.1. The van der Waals surface area contributed by atoms with Crippen molar-refractivity contribution in [1.29, 1.82) is 0 Å². The van der Waals surface area contributed by atoms with Crippen LogP contribution < -0.4 is 24.8 Å². The molecule has 0 N–H and O–H groups in total. The molecule has 0 amide bonds. The Kier molecular flexibility index (Phi) is 13.3. The second-order valence-electron chi connectivity index (χ2n) is 9.56. The van der Waals surface area contributed by atoms with Crippen molar-refractivity contribution in [2.75, 3.05) is 0 Å². The van der Waals surface area contributed by atoms with Gasteiger partial charge in [0.25, 0.3) is 0 Å². The summed E-state index contributed by atoms with van der Waals surface area (Å²) < 4.78 is 69.2. The van der Waals surface area contributed by atoms with E-state index < -0.39 is 20.2 Å². The number of benzene rings is 2. The fraction of sp³-hybridized carbons (Fsp3) is 0.125. The Labute approximate surface area is 284 Å². The minimum Gasteiger partial charge on any atom is -1.00 e. The topological polar surface area (TPSA) is 114 Å². The quantitative estimate of drug-likeness (QED) is 0.402. The first-order valence-electron chi connectivity index (χ1n) is 12.8. The van der Waals surface area contributed by atoms with Gasteiger partial charge in [-0.15, -0.1) is 0 Å². The Morgan fingerprint density at radius 3 is 1.05 bits per heavy atom. The maximum atomic E-state index is 11.5. The molecule has 0 spiro atoms. The number of hydrogen-bond acceptors (Lipinski definition) is 6. The van der Waals surface area contributed by atoms with E-state index in [-0.39, 0.29) is 60.8 Å². The van der Waals surface area contributed by atoms with Gasteiger partial charge >= 0.3 is 26.2 Å². The van der Waals surface area contributed by atoms with E-state index in [1.54, 1.807) is 12.1 Å². The second kappa shape index (κ2) is 15.6. The molecular formula is C32H26Cl2O6S2Zr. The van der Waals surface area contributed by atoms with Crippen molar-refractivity contribution in [2.45, 2.75) is 35.5 Å². The normalized spacial score (nSPS) is 16.2. The monoisotopic (exact) mass is 730 g/mol. The van der Waals surface area contributed by atoms with Gasteiger partial charge in [0.15, 0.2) is 0 Å². The van der Waals surface area contributed by atoms with Crippen LogP contribution in [0.5, 0.6) is 0 Å². The third-order valence-electron chi connectivity index (χ3n) is 7.01. The van der Waals surface area contributed by atoms with Crippen molar-refractivity contribution in [3.05, 3.63) is 132 Å². The molecule has 6 rings (SSSR count). The first kappa shape index (κ1) is 36.8. The summed E-state index contributed by atoms with van der Waals surface area (Å²) in [5.41, 5.74) is 6.62. The second-order valence-corrected chi connectivity index (χ2v) is 12.3. The molecule has 43 heavy (non-hydrogen) atoms. The first-order chi connectivity index (χ1) is 19.1. The van der Waals surface area contributed by atoms with Gasteiger partial charge in [0.2, 0.25) is 0 Å². The standard InChI is InChI=1S/2C16H14O3S.2ClH.Zr/c2*17-20(18,19)15-11-5-10-14(12-6-1-2-7-12)16(15)13-8-3-4-9-13;;;/h2*1-6,8,10-11H,7,9H2,(H,17,18,19);2*1H;/q;;;;+4/p-4. The van der Waals surface area contributed by atoms with Crippen LogP contribution in [0.1, 0.15) is 47.9 Å². The zero-order chi connectivity index (χ0) is 28.3. The zero-order valence-electron chi connectivity index (χ0n) is 22.7. The van der Waals surface area contributed by atoms with Gasteiger partial charge in [-0.3, -0.25) is 0 Å². The molecule has 0 unspecified atom stereocenters. The summed E-state index contributed by atoms with van der Waals surface area (Å²) in [6.45, 7) is 0. The molecule has 4 aliphatic rings. The summed E-state index contributed by atoms with van der Waals surface area (Å²) in [7, 11) is -8.98. The van der Waals surface area contributed by atoms with E-state index in [4.69, 9.17) is 0 Å². The SMILES string of the molecule is O=S(=O)([O-])c1cccc(C2=CC=CC2)c1C1=CC=CC1.O=S(=O)([O-])c1cccc(C2=CC=CC2)c1C1=CC=CC1.[Cl-].[Cl-].[Zr+4]. The molecule has 2 aromatic carbocycles. The van der Waals surface area contributed by atoms with Gasteiger partial charge in [0, 0.05) is 11.1 Å². The van der Waals surface area contributed by atoms with Gasteiger partial charge in [-0.1, -0.05) is 97.2 Å². The van der Waals surface area contributed by atoms with Crippen LogP contribution in [-0.2, 0) is 46.4 Å². The van der Waals surface area contributed by atoms with Gasteiger partial charge in [0.05, 0.1) is 9.79 Å². The van der Waals surface area contributed by atoms with Crippen molar-refractivity contribution in [3.63, 3.8) is 0 Å². The van der Waals surface area contributed by atoms with E-state index in [0.29, 0.717) is 24.0 Å². The Morgan fingerprint density at radius 2 is 0.791 bits per heavy atom. The van der Waals surface area contributed by atoms with E-state index in [2.05, 4.69) is 0 Å². The molecule has 0 bridgehead atoms. The zero-order valence-corrected chi connectivity index (χ0v) is 28.3. The van der Waals surface area contributed by atoms with Gasteiger partial charge in [-0.25, -0.2) is 16.8 Å². The Morgan fingerprint density at radius 1 is 0.488 bits per heavy atom. The van der Waals surface area contributed by atoms with Crippen LogP contribution in [0.4, 0.5) is 0 Å². The summed E-state index contributed by atoms with van der Waals surface area (Å²) in [5, 5.41) is 0. The van der Waals surface area contributed by atoms with Crippen LogP contribution in [0.15, 0.2) is 119 Å². The van der Waals surface area contributed by atoms with Crippen LogP contribution in [0, 0.1) is 0 Å². The minimum absolute atomic E-state index is 0. The van der Waals surface area contributed by atoms with Crippen molar-refractivity contribution in [2.24, 2.45) is 0 Å². The van der Waals surface area contributed by atoms with E-state index in [1.165, 1.54) is 12.1 Å². The molecule has 2 aromatic rings. The van der Waals surface area contributed by atoms with Crippen LogP contribution in [-0.4, -0.2) is 25.9 Å². The van der Waals surface area contributed by atoms with E-state index in [1.807, 2.05) is 85.0 Å². The van der Waals surface area contributed by atoms with Crippen LogP contribution in [0.25, 0.3) is 22.3 Å². The van der Waals surface area contributed by atoms with Crippen LogP contribution in [0.2, 0.25) is 0 Å². The first-order valence-corrected chi connectivity index (χ1v) is 15.6. The molecule has 0 heterocycles. The number of rotatable bonds is 6. The minimum atomic E-state index is -4.49. The Hall–Kier alpha value is -2.36. The molecular weight excluding hydrogens is 707 g/mol. The molecule has 0 radical (unpaired) electrons. The van der Waals surface area contributed by atoms with Crippen molar-refractivity contribution in [1.82, 2.24) is 0 Å². The van der Waals surface area contributed by atoms with Gasteiger partial charge in [0.1, 0.15) is 20.2 Å². The molecule has 0 fully saturated rings. The predicted molar refractivity (Wildman–Crippen MR) is 156 cm³/mol. The average Bonchev–Trinajstić information content (AvgIpc) is 3.75. The summed E-state index contributed by atoms with van der Waals surface area (Å²) in [4.78, 5) is -0.254. The Balaban J connectivity index is 0.000000281. The summed E-state index contributed by atoms with van der Waals surface area (Å²) >= 11 is 0. The molecule has 11 heteroatoms. The number of halogens is 2. The maximum absolute atomic E-state index is 11.5. The molecule has 0 saturated carbocycles. The number of allylic oxidation sites excluding steroid dienone is 16.